The third-order valence-electron chi connectivity index (χ3n) is 5.33. The Balaban J connectivity index is 1.77. The average molecular weight is 428 g/mol. The first-order valence-electron chi connectivity index (χ1n) is 10.3. The SMILES string of the molecule is COc1cccc(-c2ccc3cc(OC)ccc3c2Oc2ccc(CCC(=O)O)cc2)c1. The fourth-order valence-corrected chi connectivity index (χ4v) is 3.63. The van der Waals surface area contributed by atoms with E-state index >= 15 is 0 Å². The molecule has 0 aliphatic carbocycles. The van der Waals surface area contributed by atoms with Gasteiger partial charge in [0.2, 0.25) is 0 Å². The second-order valence-electron chi connectivity index (χ2n) is 7.40. The highest BCUT2D eigenvalue weighted by Gasteiger charge is 2.14. The summed E-state index contributed by atoms with van der Waals surface area (Å²) in [5.41, 5.74) is 2.88. The van der Waals surface area contributed by atoms with Gasteiger partial charge in [-0.1, -0.05) is 30.3 Å². The summed E-state index contributed by atoms with van der Waals surface area (Å²) in [6.45, 7) is 0. The second-order valence-corrected chi connectivity index (χ2v) is 7.40. The first-order chi connectivity index (χ1) is 15.6. The molecule has 5 nitrogen and oxygen atoms in total. The van der Waals surface area contributed by atoms with Crippen molar-refractivity contribution in [3.05, 3.63) is 84.4 Å². The van der Waals surface area contributed by atoms with E-state index < -0.39 is 5.97 Å². The van der Waals surface area contributed by atoms with Crippen LogP contribution in [0, 0.1) is 0 Å². The van der Waals surface area contributed by atoms with E-state index in [2.05, 4.69) is 6.07 Å². The highest BCUT2D eigenvalue weighted by Crippen LogP contribution is 2.41. The summed E-state index contributed by atoms with van der Waals surface area (Å²) in [5, 5.41) is 10.9. The van der Waals surface area contributed by atoms with E-state index in [1.807, 2.05) is 72.8 Å². The molecule has 0 aromatic heterocycles. The molecular weight excluding hydrogens is 404 g/mol. The van der Waals surface area contributed by atoms with Gasteiger partial charge in [-0.2, -0.15) is 0 Å². The van der Waals surface area contributed by atoms with Crippen LogP contribution in [0.4, 0.5) is 0 Å². The molecule has 0 atom stereocenters. The van der Waals surface area contributed by atoms with Crippen LogP contribution in [0.3, 0.4) is 0 Å². The molecule has 0 spiro atoms. The van der Waals surface area contributed by atoms with E-state index in [1.165, 1.54) is 0 Å². The number of fused-ring (bicyclic) bond motifs is 1. The average Bonchev–Trinajstić information content (AvgIpc) is 2.83. The van der Waals surface area contributed by atoms with Crippen molar-refractivity contribution in [2.75, 3.05) is 14.2 Å². The quantitative estimate of drug-likeness (QED) is 0.355. The monoisotopic (exact) mass is 428 g/mol. The molecule has 0 unspecified atom stereocenters. The minimum atomic E-state index is -0.806. The number of ether oxygens (including phenoxy) is 3. The maximum Gasteiger partial charge on any atom is 0.303 e. The Morgan fingerprint density at radius 1 is 0.812 bits per heavy atom. The van der Waals surface area contributed by atoms with Crippen LogP contribution in [0.15, 0.2) is 78.9 Å². The molecule has 0 saturated heterocycles. The lowest BCUT2D eigenvalue weighted by Crippen LogP contribution is -1.97. The van der Waals surface area contributed by atoms with Gasteiger partial charge in [0.25, 0.3) is 0 Å². The topological polar surface area (TPSA) is 65.0 Å². The molecule has 0 heterocycles. The highest BCUT2D eigenvalue weighted by atomic mass is 16.5. The lowest BCUT2D eigenvalue weighted by atomic mass is 9.99. The number of aliphatic carboxylic acids is 1. The number of carboxylic acid groups (broad SMARTS) is 1. The van der Waals surface area contributed by atoms with Crippen LogP contribution < -0.4 is 14.2 Å². The first kappa shape index (κ1) is 21.2. The molecular formula is C27H24O5. The summed E-state index contributed by atoms with van der Waals surface area (Å²) in [5.74, 6) is 2.15. The van der Waals surface area contributed by atoms with Gasteiger partial charge in [0.05, 0.1) is 14.2 Å². The van der Waals surface area contributed by atoms with Gasteiger partial charge in [0.15, 0.2) is 0 Å². The Morgan fingerprint density at radius 2 is 1.53 bits per heavy atom. The Kier molecular flexibility index (Phi) is 6.26. The number of methoxy groups -OCH3 is 2. The maximum absolute atomic E-state index is 10.8. The fraction of sp³-hybridized carbons (Fsp3) is 0.148. The minimum absolute atomic E-state index is 0.103. The lowest BCUT2D eigenvalue weighted by Gasteiger charge is -2.16. The van der Waals surface area contributed by atoms with Crippen LogP contribution in [0.25, 0.3) is 21.9 Å². The van der Waals surface area contributed by atoms with Crippen molar-refractivity contribution in [3.8, 4) is 34.1 Å². The molecule has 4 aromatic rings. The molecule has 1 N–H and O–H groups in total. The van der Waals surface area contributed by atoms with Crippen LogP contribution in [0.5, 0.6) is 23.0 Å². The first-order valence-corrected chi connectivity index (χ1v) is 10.3. The third kappa shape index (κ3) is 4.67. The number of rotatable bonds is 8. The molecule has 0 aliphatic heterocycles. The Hall–Kier alpha value is -3.99. The lowest BCUT2D eigenvalue weighted by molar-refractivity contribution is -0.136. The zero-order chi connectivity index (χ0) is 22.5. The van der Waals surface area contributed by atoms with E-state index in [1.54, 1.807) is 14.2 Å². The summed E-state index contributed by atoms with van der Waals surface area (Å²) in [6.07, 6.45) is 0.587. The standard InChI is InChI=1S/C27H24O5/c1-30-22-5-3-4-19(16-22)24-13-9-20-17-23(31-2)12-14-25(20)27(24)32-21-10-6-18(7-11-21)8-15-26(28)29/h3-7,9-14,16-17H,8,15H2,1-2H3,(H,28,29). The Morgan fingerprint density at radius 3 is 2.25 bits per heavy atom. The molecule has 0 amide bonds. The van der Waals surface area contributed by atoms with E-state index in [4.69, 9.17) is 19.3 Å². The van der Waals surface area contributed by atoms with Gasteiger partial charge in [-0.3, -0.25) is 4.79 Å². The maximum atomic E-state index is 10.8. The number of hydrogen-bond acceptors (Lipinski definition) is 4. The summed E-state index contributed by atoms with van der Waals surface area (Å²) < 4.78 is 17.2. The smallest absolute Gasteiger partial charge is 0.303 e. The van der Waals surface area contributed by atoms with Crippen molar-refractivity contribution in [3.63, 3.8) is 0 Å². The molecule has 0 saturated carbocycles. The highest BCUT2D eigenvalue weighted by molar-refractivity contribution is 5.96. The van der Waals surface area contributed by atoms with Crippen molar-refractivity contribution in [1.82, 2.24) is 0 Å². The molecule has 162 valence electrons. The minimum Gasteiger partial charge on any atom is -0.497 e. The van der Waals surface area contributed by atoms with Crippen LogP contribution in [-0.2, 0) is 11.2 Å². The van der Waals surface area contributed by atoms with Crippen LogP contribution >= 0.6 is 0 Å². The number of aryl methyl sites for hydroxylation is 1. The van der Waals surface area contributed by atoms with Crippen molar-refractivity contribution < 1.29 is 24.1 Å². The summed E-state index contributed by atoms with van der Waals surface area (Å²) in [6, 6.07) is 25.4. The zero-order valence-electron chi connectivity index (χ0n) is 18.0. The van der Waals surface area contributed by atoms with E-state index in [0.29, 0.717) is 12.2 Å². The molecule has 0 bridgehead atoms. The molecule has 32 heavy (non-hydrogen) atoms. The molecule has 4 rings (SSSR count). The van der Waals surface area contributed by atoms with Crippen molar-refractivity contribution >= 4 is 16.7 Å². The van der Waals surface area contributed by atoms with Gasteiger partial charge in [0.1, 0.15) is 23.0 Å². The van der Waals surface area contributed by atoms with Crippen molar-refractivity contribution in [2.24, 2.45) is 0 Å². The predicted octanol–water partition coefficient (Wildman–Crippen LogP) is 6.33. The molecule has 0 fully saturated rings. The molecule has 4 aromatic carbocycles. The van der Waals surface area contributed by atoms with Gasteiger partial charge in [-0.05, 0) is 71.5 Å². The van der Waals surface area contributed by atoms with Crippen LogP contribution in [-0.4, -0.2) is 25.3 Å². The molecule has 0 radical (unpaired) electrons. The van der Waals surface area contributed by atoms with Crippen molar-refractivity contribution in [2.45, 2.75) is 12.8 Å². The normalized spacial score (nSPS) is 10.7. The second kappa shape index (κ2) is 9.43. The van der Waals surface area contributed by atoms with Gasteiger partial charge >= 0.3 is 5.97 Å². The van der Waals surface area contributed by atoms with Gasteiger partial charge in [-0.15, -0.1) is 0 Å². The number of hydrogen-bond donors (Lipinski definition) is 1. The third-order valence-corrected chi connectivity index (χ3v) is 5.33. The fourth-order valence-electron chi connectivity index (χ4n) is 3.63. The number of carbonyl (C=O) groups is 1. The van der Waals surface area contributed by atoms with E-state index in [-0.39, 0.29) is 6.42 Å². The molecule has 5 heteroatoms. The van der Waals surface area contributed by atoms with Crippen LogP contribution in [0.1, 0.15) is 12.0 Å². The van der Waals surface area contributed by atoms with Crippen molar-refractivity contribution in [1.29, 1.82) is 0 Å². The molecule has 0 aliphatic rings. The predicted molar refractivity (Wildman–Crippen MR) is 125 cm³/mol. The van der Waals surface area contributed by atoms with Crippen LogP contribution in [0.2, 0.25) is 0 Å². The summed E-state index contributed by atoms with van der Waals surface area (Å²) in [4.78, 5) is 10.8. The summed E-state index contributed by atoms with van der Waals surface area (Å²) in [7, 11) is 3.30. The van der Waals surface area contributed by atoms with Gasteiger partial charge in [0, 0.05) is 17.4 Å². The zero-order valence-corrected chi connectivity index (χ0v) is 18.0. The Bertz CT molecular complexity index is 1240. The summed E-state index contributed by atoms with van der Waals surface area (Å²) >= 11 is 0. The van der Waals surface area contributed by atoms with Gasteiger partial charge < -0.3 is 19.3 Å². The number of carboxylic acids is 1. The largest absolute Gasteiger partial charge is 0.497 e. The Labute approximate surface area is 186 Å². The number of benzene rings is 4. The van der Waals surface area contributed by atoms with E-state index in [9.17, 15) is 4.79 Å². The van der Waals surface area contributed by atoms with E-state index in [0.717, 1.165) is 44.7 Å². The van der Waals surface area contributed by atoms with Gasteiger partial charge in [-0.25, -0.2) is 0 Å².